The van der Waals surface area contributed by atoms with E-state index in [0.717, 1.165) is 5.56 Å². The van der Waals surface area contributed by atoms with Gasteiger partial charge >= 0.3 is 0 Å². The summed E-state index contributed by atoms with van der Waals surface area (Å²) in [4.78, 5) is 33.9. The molecule has 3 aromatic rings. The van der Waals surface area contributed by atoms with Gasteiger partial charge in [-0.15, -0.1) is 0 Å². The number of nitrogens with zero attached hydrogens (tertiary/aromatic N) is 2. The predicted molar refractivity (Wildman–Crippen MR) is 112 cm³/mol. The third kappa shape index (κ3) is 2.76. The summed E-state index contributed by atoms with van der Waals surface area (Å²) in [6, 6.07) is 22.8. The van der Waals surface area contributed by atoms with Gasteiger partial charge in [-0.25, -0.2) is 9.96 Å². The van der Waals surface area contributed by atoms with E-state index in [2.05, 4.69) is 0 Å². The molecule has 3 aromatic carbocycles. The number of carbonyl (C=O) groups excluding carboxylic acids is 2. The van der Waals surface area contributed by atoms with Gasteiger partial charge in [0.05, 0.1) is 17.4 Å². The van der Waals surface area contributed by atoms with E-state index in [0.29, 0.717) is 16.9 Å². The highest BCUT2D eigenvalue weighted by atomic mass is 16.7. The molecule has 150 valence electrons. The lowest BCUT2D eigenvalue weighted by Crippen LogP contribution is -2.37. The van der Waals surface area contributed by atoms with Gasteiger partial charge < -0.3 is 5.11 Å². The SMILES string of the molecule is Cc1ccc(N2C(=O)[C@@H]3[C@@H](ON(c4ccccc4)[C@H]3c3ccccc3O)C2=O)cc1. The number of phenolic OH excluding ortho intramolecular Hbond substituents is 1. The molecule has 0 radical (unpaired) electrons. The zero-order valence-corrected chi connectivity index (χ0v) is 16.3. The first-order chi connectivity index (χ1) is 14.6. The molecule has 0 spiro atoms. The Morgan fingerprint density at radius 3 is 2.17 bits per heavy atom. The molecule has 6 nitrogen and oxygen atoms in total. The summed E-state index contributed by atoms with van der Waals surface area (Å²) in [5.74, 6) is -1.44. The molecule has 2 saturated heterocycles. The van der Waals surface area contributed by atoms with E-state index in [1.165, 1.54) is 4.90 Å². The van der Waals surface area contributed by atoms with E-state index in [-0.39, 0.29) is 11.7 Å². The number of hydrogen-bond donors (Lipinski definition) is 1. The van der Waals surface area contributed by atoms with Crippen LogP contribution >= 0.6 is 0 Å². The number of hydroxylamine groups is 1. The number of rotatable bonds is 3. The lowest BCUT2D eigenvalue weighted by atomic mass is 9.90. The minimum absolute atomic E-state index is 0.0571. The van der Waals surface area contributed by atoms with Crippen LogP contribution in [-0.4, -0.2) is 23.0 Å². The maximum absolute atomic E-state index is 13.5. The van der Waals surface area contributed by atoms with Crippen LogP contribution < -0.4 is 9.96 Å². The van der Waals surface area contributed by atoms with Gasteiger partial charge in [0.25, 0.3) is 5.91 Å². The Bertz CT molecular complexity index is 1110. The summed E-state index contributed by atoms with van der Waals surface area (Å²) in [6.45, 7) is 1.95. The van der Waals surface area contributed by atoms with Crippen molar-refractivity contribution in [2.45, 2.75) is 19.1 Å². The Labute approximate surface area is 173 Å². The minimum atomic E-state index is -0.955. The summed E-state index contributed by atoms with van der Waals surface area (Å²) in [7, 11) is 0. The maximum atomic E-state index is 13.5. The van der Waals surface area contributed by atoms with E-state index in [9.17, 15) is 14.7 Å². The van der Waals surface area contributed by atoms with Crippen LogP contribution in [0, 0.1) is 12.8 Å². The molecule has 30 heavy (non-hydrogen) atoms. The molecule has 0 saturated carbocycles. The lowest BCUT2D eigenvalue weighted by molar-refractivity contribution is -0.126. The Morgan fingerprint density at radius 1 is 0.800 bits per heavy atom. The van der Waals surface area contributed by atoms with E-state index in [1.54, 1.807) is 41.5 Å². The Hall–Kier alpha value is -3.64. The van der Waals surface area contributed by atoms with Crippen LogP contribution in [0.1, 0.15) is 17.2 Å². The molecule has 0 aliphatic carbocycles. The first kappa shape index (κ1) is 18.4. The van der Waals surface area contributed by atoms with Crippen molar-refractivity contribution in [1.82, 2.24) is 0 Å². The Morgan fingerprint density at radius 2 is 1.47 bits per heavy atom. The highest BCUT2D eigenvalue weighted by Gasteiger charge is 2.60. The molecule has 6 heteroatoms. The van der Waals surface area contributed by atoms with Gasteiger partial charge in [-0.05, 0) is 37.3 Å². The topological polar surface area (TPSA) is 70.1 Å². The monoisotopic (exact) mass is 400 g/mol. The van der Waals surface area contributed by atoms with Crippen LogP contribution in [0.5, 0.6) is 5.75 Å². The molecular weight excluding hydrogens is 380 g/mol. The Kier molecular flexibility index (Phi) is 4.29. The number of amides is 2. The van der Waals surface area contributed by atoms with E-state index < -0.39 is 24.0 Å². The van der Waals surface area contributed by atoms with Gasteiger partial charge in [0.2, 0.25) is 5.91 Å². The first-order valence-corrected chi connectivity index (χ1v) is 9.79. The van der Waals surface area contributed by atoms with Crippen molar-refractivity contribution in [3.8, 4) is 5.75 Å². The summed E-state index contributed by atoms with van der Waals surface area (Å²) in [5, 5.41) is 12.1. The fraction of sp³-hybridized carbons (Fsp3) is 0.167. The highest BCUT2D eigenvalue weighted by molar-refractivity contribution is 6.23. The second-order valence-corrected chi connectivity index (χ2v) is 7.56. The number of fused-ring (bicyclic) bond motifs is 1. The number of aromatic hydroxyl groups is 1. The quantitative estimate of drug-likeness (QED) is 0.678. The van der Waals surface area contributed by atoms with Gasteiger partial charge in [0.1, 0.15) is 11.7 Å². The van der Waals surface area contributed by atoms with Crippen LogP contribution in [0.2, 0.25) is 0 Å². The molecule has 2 heterocycles. The molecule has 0 unspecified atom stereocenters. The number of benzene rings is 3. The van der Waals surface area contributed by atoms with Crippen LogP contribution in [0.3, 0.4) is 0 Å². The normalized spacial score (nSPS) is 23.2. The summed E-state index contributed by atoms with van der Waals surface area (Å²) in [5.41, 5.74) is 2.82. The largest absolute Gasteiger partial charge is 0.508 e. The number of hydrogen-bond acceptors (Lipinski definition) is 5. The fourth-order valence-corrected chi connectivity index (χ4v) is 4.22. The van der Waals surface area contributed by atoms with E-state index >= 15 is 0 Å². The number of imide groups is 1. The van der Waals surface area contributed by atoms with Gasteiger partial charge in [0.15, 0.2) is 6.10 Å². The molecule has 0 aromatic heterocycles. The van der Waals surface area contributed by atoms with Crippen molar-refractivity contribution >= 4 is 23.2 Å². The van der Waals surface area contributed by atoms with E-state index in [4.69, 9.17) is 4.84 Å². The Balaban J connectivity index is 1.60. The zero-order valence-electron chi connectivity index (χ0n) is 16.3. The molecule has 2 amide bonds. The number of phenols is 1. The van der Waals surface area contributed by atoms with Gasteiger partial charge in [-0.1, -0.05) is 54.1 Å². The highest BCUT2D eigenvalue weighted by Crippen LogP contribution is 2.49. The summed E-state index contributed by atoms with van der Waals surface area (Å²) < 4.78 is 0. The summed E-state index contributed by atoms with van der Waals surface area (Å²) >= 11 is 0. The third-order valence-corrected chi connectivity index (χ3v) is 5.67. The van der Waals surface area contributed by atoms with Crippen molar-refractivity contribution in [2.24, 2.45) is 5.92 Å². The molecular formula is C24H20N2O4. The summed E-state index contributed by atoms with van der Waals surface area (Å²) in [6.07, 6.45) is -0.955. The minimum Gasteiger partial charge on any atom is -0.508 e. The average Bonchev–Trinajstić information content (AvgIpc) is 3.26. The van der Waals surface area contributed by atoms with Crippen LogP contribution in [0.4, 0.5) is 11.4 Å². The molecule has 1 N–H and O–H groups in total. The van der Waals surface area contributed by atoms with E-state index in [1.807, 2.05) is 49.4 Å². The predicted octanol–water partition coefficient (Wildman–Crippen LogP) is 3.75. The molecule has 2 aliphatic heterocycles. The van der Waals surface area contributed by atoms with Crippen LogP contribution in [-0.2, 0) is 14.4 Å². The zero-order chi connectivity index (χ0) is 20.8. The van der Waals surface area contributed by atoms with Crippen molar-refractivity contribution < 1.29 is 19.5 Å². The molecule has 3 atom stereocenters. The van der Waals surface area contributed by atoms with Crippen molar-refractivity contribution in [2.75, 3.05) is 9.96 Å². The van der Waals surface area contributed by atoms with Crippen molar-refractivity contribution in [3.05, 3.63) is 90.0 Å². The van der Waals surface area contributed by atoms with Crippen LogP contribution in [0.15, 0.2) is 78.9 Å². The number of para-hydroxylation sites is 2. The van der Waals surface area contributed by atoms with Crippen molar-refractivity contribution in [3.63, 3.8) is 0 Å². The molecule has 2 fully saturated rings. The fourth-order valence-electron chi connectivity index (χ4n) is 4.22. The van der Waals surface area contributed by atoms with Gasteiger partial charge in [-0.3, -0.25) is 14.4 Å². The van der Waals surface area contributed by atoms with Gasteiger partial charge in [-0.2, -0.15) is 0 Å². The molecule has 0 bridgehead atoms. The second-order valence-electron chi connectivity index (χ2n) is 7.56. The smallest absolute Gasteiger partial charge is 0.266 e. The second kappa shape index (κ2) is 7.00. The van der Waals surface area contributed by atoms with Gasteiger partial charge in [0, 0.05) is 5.56 Å². The lowest BCUT2D eigenvalue weighted by Gasteiger charge is -2.29. The average molecular weight is 400 g/mol. The standard InChI is InChI=1S/C24H20N2O4/c1-15-11-13-16(14-12-15)25-23(28)20-21(18-9-5-6-10-19(18)27)26(30-22(20)24(25)29)17-7-3-2-4-8-17/h2-14,20-22,27H,1H3/t20-,21-,22+/m0/s1. The number of aryl methyl sites for hydroxylation is 1. The maximum Gasteiger partial charge on any atom is 0.266 e. The number of anilines is 2. The van der Waals surface area contributed by atoms with Crippen LogP contribution in [0.25, 0.3) is 0 Å². The van der Waals surface area contributed by atoms with Crippen molar-refractivity contribution in [1.29, 1.82) is 0 Å². The number of carbonyl (C=O) groups is 2. The molecule has 5 rings (SSSR count). The first-order valence-electron chi connectivity index (χ1n) is 9.79. The molecule has 2 aliphatic rings. The third-order valence-electron chi connectivity index (χ3n) is 5.67.